The second kappa shape index (κ2) is 12.1. The van der Waals surface area contributed by atoms with Crippen molar-refractivity contribution in [3.63, 3.8) is 0 Å². The summed E-state index contributed by atoms with van der Waals surface area (Å²) in [5.74, 6) is 0. The molecule has 1 aromatic rings. The van der Waals surface area contributed by atoms with Crippen molar-refractivity contribution in [2.24, 2.45) is 0 Å². The third-order valence-electron chi connectivity index (χ3n) is 4.49. The van der Waals surface area contributed by atoms with Crippen LogP contribution in [0.4, 0.5) is 0 Å². The molecule has 1 atom stereocenters. The molecule has 0 radical (unpaired) electrons. The maximum atomic E-state index is 6.23. The molecule has 0 saturated heterocycles. The summed E-state index contributed by atoms with van der Waals surface area (Å²) in [6.07, 6.45) is 11.4. The Morgan fingerprint density at radius 1 is 1.04 bits per heavy atom. The van der Waals surface area contributed by atoms with Crippen molar-refractivity contribution in [1.82, 2.24) is 0 Å². The Bertz CT molecular complexity index is 429. The first kappa shape index (κ1) is 20.7. The van der Waals surface area contributed by atoms with Gasteiger partial charge in [-0.15, -0.1) is 0 Å². The lowest BCUT2D eigenvalue weighted by molar-refractivity contribution is -0.00170. The van der Waals surface area contributed by atoms with Gasteiger partial charge in [-0.05, 0) is 47.9 Å². The molecule has 0 spiro atoms. The quantitative estimate of drug-likeness (QED) is 0.241. The van der Waals surface area contributed by atoms with Gasteiger partial charge >= 0.3 is 0 Å². The van der Waals surface area contributed by atoms with Crippen molar-refractivity contribution in [2.45, 2.75) is 77.2 Å². The molecule has 0 saturated carbocycles. The van der Waals surface area contributed by atoms with Gasteiger partial charge in [-0.25, -0.2) is 0 Å². The van der Waals surface area contributed by atoms with Crippen molar-refractivity contribution in [3.8, 4) is 0 Å². The zero-order valence-corrected chi connectivity index (χ0v) is 17.1. The monoisotopic (exact) mass is 428 g/mol. The fourth-order valence-electron chi connectivity index (χ4n) is 2.74. The number of benzene rings is 1. The van der Waals surface area contributed by atoms with Gasteiger partial charge in [0.2, 0.25) is 0 Å². The van der Waals surface area contributed by atoms with Crippen molar-refractivity contribution in [1.29, 1.82) is 0 Å². The lowest BCUT2D eigenvalue weighted by Crippen LogP contribution is -2.29. The summed E-state index contributed by atoms with van der Waals surface area (Å²) >= 11 is 2.34. The van der Waals surface area contributed by atoms with Gasteiger partial charge < -0.3 is 4.74 Å². The summed E-state index contributed by atoms with van der Waals surface area (Å²) in [7, 11) is 0. The Labute approximate surface area is 157 Å². The lowest BCUT2D eigenvalue weighted by atomic mass is 9.97. The zero-order valence-electron chi connectivity index (χ0n) is 15.0. The van der Waals surface area contributed by atoms with Gasteiger partial charge in [0.1, 0.15) is 0 Å². The third kappa shape index (κ3) is 8.90. The smallest absolute Gasteiger partial charge is 0.0953 e. The molecule has 2 heteroatoms. The van der Waals surface area contributed by atoms with Gasteiger partial charge in [0.05, 0.1) is 12.2 Å². The predicted molar refractivity (Wildman–Crippen MR) is 110 cm³/mol. The first-order valence-corrected chi connectivity index (χ1v) is 10.2. The predicted octanol–water partition coefficient (Wildman–Crippen LogP) is 7.09. The van der Waals surface area contributed by atoms with Crippen LogP contribution in [0.5, 0.6) is 0 Å². The highest BCUT2D eigenvalue weighted by Crippen LogP contribution is 2.31. The summed E-state index contributed by atoms with van der Waals surface area (Å²) in [5.41, 5.74) is 1.16. The molecule has 23 heavy (non-hydrogen) atoms. The highest BCUT2D eigenvalue weighted by Gasteiger charge is 2.26. The van der Waals surface area contributed by atoms with Gasteiger partial charge in [-0.2, -0.15) is 0 Å². The summed E-state index contributed by atoms with van der Waals surface area (Å²) in [6, 6.07) is 10.6. The van der Waals surface area contributed by atoms with Crippen molar-refractivity contribution < 1.29 is 4.74 Å². The second-order valence-corrected chi connectivity index (χ2v) is 7.89. The first-order chi connectivity index (χ1) is 11.1. The minimum atomic E-state index is -0.182. The van der Waals surface area contributed by atoms with Crippen LogP contribution in [-0.2, 0) is 11.2 Å². The number of hydrogen-bond donors (Lipinski definition) is 0. The third-order valence-corrected chi connectivity index (χ3v) is 5.63. The summed E-state index contributed by atoms with van der Waals surface area (Å²) in [5, 5.41) is 0. The van der Waals surface area contributed by atoms with E-state index in [1.807, 2.05) is 0 Å². The Morgan fingerprint density at radius 3 is 2.26 bits per heavy atom. The summed E-state index contributed by atoms with van der Waals surface area (Å²) < 4.78 is 7.35. The van der Waals surface area contributed by atoms with Crippen LogP contribution in [0.3, 0.4) is 0 Å². The van der Waals surface area contributed by atoms with Crippen LogP contribution in [0.1, 0.15) is 70.8 Å². The zero-order chi connectivity index (χ0) is 17.0. The Balaban J connectivity index is 2.26. The number of hydrogen-bond acceptors (Lipinski definition) is 1. The molecule has 1 rings (SSSR count). The molecular formula is C21H33IO. The fraction of sp³-hybridized carbons (Fsp3) is 0.619. The van der Waals surface area contributed by atoms with E-state index in [1.54, 1.807) is 0 Å². The van der Waals surface area contributed by atoms with Crippen LogP contribution in [0, 0.1) is 0 Å². The normalized spacial score (nSPS) is 13.7. The molecule has 130 valence electrons. The van der Waals surface area contributed by atoms with Crippen LogP contribution in [0.2, 0.25) is 0 Å². The van der Waals surface area contributed by atoms with E-state index in [4.69, 9.17) is 4.74 Å². The molecule has 0 aliphatic carbocycles. The van der Waals surface area contributed by atoms with Crippen molar-refractivity contribution in [2.75, 3.05) is 6.61 Å². The second-order valence-electron chi connectivity index (χ2n) is 6.59. The van der Waals surface area contributed by atoms with E-state index in [2.05, 4.69) is 73.3 Å². The van der Waals surface area contributed by atoms with E-state index in [1.165, 1.54) is 50.5 Å². The Kier molecular flexibility index (Phi) is 10.9. The number of unbranched alkanes of at least 4 members (excludes halogenated alkanes) is 6. The molecule has 0 heterocycles. The van der Waals surface area contributed by atoms with Crippen molar-refractivity contribution >= 4 is 22.6 Å². The Morgan fingerprint density at radius 2 is 1.65 bits per heavy atom. The molecule has 1 nitrogen and oxygen atoms in total. The molecule has 1 aromatic carbocycles. The van der Waals surface area contributed by atoms with Crippen LogP contribution in [-0.4, -0.2) is 12.2 Å². The highest BCUT2D eigenvalue weighted by atomic mass is 127. The summed E-state index contributed by atoms with van der Waals surface area (Å²) in [6.45, 7) is 9.38. The first-order valence-electron chi connectivity index (χ1n) is 9.11. The molecule has 0 aromatic heterocycles. The number of halogens is 1. The summed E-state index contributed by atoms with van der Waals surface area (Å²) in [4.78, 5) is 0. The lowest BCUT2D eigenvalue weighted by Gasteiger charge is -2.30. The molecule has 0 N–H and O–H groups in total. The van der Waals surface area contributed by atoms with E-state index in [-0.39, 0.29) is 5.60 Å². The fourth-order valence-corrected chi connectivity index (χ4v) is 3.17. The average molecular weight is 428 g/mol. The minimum Gasteiger partial charge on any atom is -0.370 e. The van der Waals surface area contributed by atoms with E-state index in [0.717, 1.165) is 23.0 Å². The van der Waals surface area contributed by atoms with Crippen LogP contribution in [0.25, 0.3) is 0 Å². The maximum absolute atomic E-state index is 6.23. The SMILES string of the molecule is C=C(I)C(C)(CCCCCCCCC)OCCc1ccccc1. The molecule has 0 fully saturated rings. The van der Waals surface area contributed by atoms with E-state index in [9.17, 15) is 0 Å². The molecule has 0 amide bonds. The molecular weight excluding hydrogens is 395 g/mol. The molecule has 0 aliphatic heterocycles. The van der Waals surface area contributed by atoms with Gasteiger partial charge in [0.15, 0.2) is 0 Å². The average Bonchev–Trinajstić information content (AvgIpc) is 2.55. The van der Waals surface area contributed by atoms with Crippen LogP contribution in [0.15, 0.2) is 40.5 Å². The number of ether oxygens (including phenoxy) is 1. The van der Waals surface area contributed by atoms with Gasteiger partial charge in [-0.3, -0.25) is 0 Å². The molecule has 0 aliphatic rings. The van der Waals surface area contributed by atoms with Gasteiger partial charge in [0, 0.05) is 3.58 Å². The van der Waals surface area contributed by atoms with Crippen molar-refractivity contribution in [3.05, 3.63) is 46.1 Å². The highest BCUT2D eigenvalue weighted by molar-refractivity contribution is 14.1. The topological polar surface area (TPSA) is 9.23 Å². The molecule has 1 unspecified atom stereocenters. The Hall–Kier alpha value is -0.350. The van der Waals surface area contributed by atoms with E-state index < -0.39 is 0 Å². The number of rotatable bonds is 13. The standard InChI is InChI=1S/C21H33IO/c1-4-5-6-7-8-9-13-17-21(3,19(2)22)23-18-16-20-14-11-10-12-15-20/h10-12,14-15H,2,4-9,13,16-18H2,1,3H3. The van der Waals surface area contributed by atoms with Gasteiger partial charge in [-0.1, -0.05) is 88.8 Å². The van der Waals surface area contributed by atoms with Crippen LogP contribution < -0.4 is 0 Å². The van der Waals surface area contributed by atoms with E-state index >= 15 is 0 Å². The minimum absolute atomic E-state index is 0.182. The van der Waals surface area contributed by atoms with Crippen LogP contribution >= 0.6 is 22.6 Å². The van der Waals surface area contributed by atoms with E-state index in [0.29, 0.717) is 0 Å². The van der Waals surface area contributed by atoms with Gasteiger partial charge in [0.25, 0.3) is 0 Å². The molecule has 0 bridgehead atoms. The largest absolute Gasteiger partial charge is 0.370 e. The maximum Gasteiger partial charge on any atom is 0.0953 e.